The zero-order valence-corrected chi connectivity index (χ0v) is 16.2. The van der Waals surface area contributed by atoms with E-state index in [1.54, 1.807) is 0 Å². The predicted octanol–water partition coefficient (Wildman–Crippen LogP) is 3.58. The standard InChI is InChI=1S/C21H26N4O2/c1-4-25-14-18(15(3)24-25)20-13-17(16-9-6-7-10-19(16)23-20)21(26)22-11-8-12-27-5-2/h6-7,9-10,13-14H,4-5,8,11-12H2,1-3H3,(H,22,26). The fraction of sp³-hybridized carbons (Fsp3) is 0.381. The largest absolute Gasteiger partial charge is 0.382 e. The molecule has 0 aliphatic heterocycles. The van der Waals surface area contributed by atoms with Crippen LogP contribution < -0.4 is 5.32 Å². The van der Waals surface area contributed by atoms with Crippen LogP contribution in [0.1, 0.15) is 36.3 Å². The molecule has 0 unspecified atom stereocenters. The minimum Gasteiger partial charge on any atom is -0.382 e. The van der Waals surface area contributed by atoms with Gasteiger partial charge in [-0.2, -0.15) is 5.10 Å². The molecule has 1 aromatic carbocycles. The van der Waals surface area contributed by atoms with Gasteiger partial charge >= 0.3 is 0 Å². The lowest BCUT2D eigenvalue weighted by atomic mass is 10.0. The molecule has 0 fully saturated rings. The lowest BCUT2D eigenvalue weighted by Gasteiger charge is -2.10. The molecule has 1 N–H and O–H groups in total. The van der Waals surface area contributed by atoms with Crippen molar-refractivity contribution in [3.63, 3.8) is 0 Å². The first-order valence-electron chi connectivity index (χ1n) is 9.44. The molecule has 0 spiro atoms. The third-order valence-electron chi connectivity index (χ3n) is 4.46. The lowest BCUT2D eigenvalue weighted by molar-refractivity contribution is 0.0946. The Morgan fingerprint density at radius 2 is 2.07 bits per heavy atom. The Morgan fingerprint density at radius 3 is 2.81 bits per heavy atom. The monoisotopic (exact) mass is 366 g/mol. The van der Waals surface area contributed by atoms with E-state index < -0.39 is 0 Å². The fourth-order valence-electron chi connectivity index (χ4n) is 3.05. The normalized spacial score (nSPS) is 11.1. The summed E-state index contributed by atoms with van der Waals surface area (Å²) in [7, 11) is 0. The van der Waals surface area contributed by atoms with E-state index >= 15 is 0 Å². The highest BCUT2D eigenvalue weighted by molar-refractivity contribution is 6.07. The molecule has 6 nitrogen and oxygen atoms in total. The molecule has 0 bridgehead atoms. The van der Waals surface area contributed by atoms with Gasteiger partial charge in [-0.25, -0.2) is 4.98 Å². The van der Waals surface area contributed by atoms with Crippen molar-refractivity contribution in [3.05, 3.63) is 47.8 Å². The van der Waals surface area contributed by atoms with Crippen molar-refractivity contribution >= 4 is 16.8 Å². The summed E-state index contributed by atoms with van der Waals surface area (Å²) in [5.41, 5.74) is 4.06. The molecule has 0 aliphatic rings. The number of rotatable bonds is 8. The minimum absolute atomic E-state index is 0.0908. The Morgan fingerprint density at radius 1 is 1.26 bits per heavy atom. The SMILES string of the molecule is CCOCCCNC(=O)c1cc(-c2cn(CC)nc2C)nc2ccccc12. The second kappa shape index (κ2) is 8.77. The summed E-state index contributed by atoms with van der Waals surface area (Å²) in [6, 6.07) is 9.60. The third-order valence-corrected chi connectivity index (χ3v) is 4.46. The van der Waals surface area contributed by atoms with Crippen molar-refractivity contribution in [3.8, 4) is 11.3 Å². The summed E-state index contributed by atoms with van der Waals surface area (Å²) in [4.78, 5) is 17.6. The number of carbonyl (C=O) groups is 1. The maximum atomic E-state index is 12.8. The van der Waals surface area contributed by atoms with Crippen LogP contribution in [0.5, 0.6) is 0 Å². The minimum atomic E-state index is -0.0908. The van der Waals surface area contributed by atoms with E-state index in [2.05, 4.69) is 10.4 Å². The number of hydrogen-bond donors (Lipinski definition) is 1. The van der Waals surface area contributed by atoms with Gasteiger partial charge in [-0.15, -0.1) is 0 Å². The molecule has 2 heterocycles. The Balaban J connectivity index is 1.93. The summed E-state index contributed by atoms with van der Waals surface area (Å²) in [6.07, 6.45) is 2.77. The molecule has 27 heavy (non-hydrogen) atoms. The number of carbonyl (C=O) groups excluding carboxylic acids is 1. The Hall–Kier alpha value is -2.73. The van der Waals surface area contributed by atoms with Crippen LogP contribution in [0.25, 0.3) is 22.2 Å². The number of hydrogen-bond acceptors (Lipinski definition) is 4. The molecule has 3 rings (SSSR count). The van der Waals surface area contributed by atoms with E-state index in [9.17, 15) is 4.79 Å². The maximum absolute atomic E-state index is 12.8. The average molecular weight is 366 g/mol. The van der Waals surface area contributed by atoms with Crippen LogP contribution in [0.3, 0.4) is 0 Å². The van der Waals surface area contributed by atoms with Crippen LogP contribution in [0, 0.1) is 6.92 Å². The van der Waals surface area contributed by atoms with Crippen molar-refractivity contribution < 1.29 is 9.53 Å². The molecule has 3 aromatic rings. The van der Waals surface area contributed by atoms with E-state index in [1.165, 1.54) is 0 Å². The van der Waals surface area contributed by atoms with Gasteiger partial charge in [0.2, 0.25) is 0 Å². The Labute approximate surface area is 159 Å². The number of benzene rings is 1. The first-order chi connectivity index (χ1) is 13.1. The third kappa shape index (κ3) is 4.34. The van der Waals surface area contributed by atoms with Crippen LogP contribution in [0.4, 0.5) is 0 Å². The van der Waals surface area contributed by atoms with Gasteiger partial charge in [-0.1, -0.05) is 18.2 Å². The van der Waals surface area contributed by atoms with Crippen LogP contribution in [0.15, 0.2) is 36.5 Å². The van der Waals surface area contributed by atoms with Gasteiger partial charge in [0.25, 0.3) is 5.91 Å². The number of para-hydroxylation sites is 1. The number of nitrogens with zero attached hydrogens (tertiary/aromatic N) is 3. The summed E-state index contributed by atoms with van der Waals surface area (Å²) in [6.45, 7) is 8.69. The molecule has 6 heteroatoms. The molecule has 0 saturated heterocycles. The first kappa shape index (κ1) is 19.0. The maximum Gasteiger partial charge on any atom is 0.252 e. The quantitative estimate of drug-likeness (QED) is 0.619. The summed E-state index contributed by atoms with van der Waals surface area (Å²) >= 11 is 0. The molecule has 142 valence electrons. The summed E-state index contributed by atoms with van der Waals surface area (Å²) in [5, 5.41) is 8.34. The smallest absolute Gasteiger partial charge is 0.252 e. The van der Waals surface area contributed by atoms with Gasteiger partial charge in [0.15, 0.2) is 0 Å². The lowest BCUT2D eigenvalue weighted by Crippen LogP contribution is -2.25. The number of nitrogens with one attached hydrogen (secondary N) is 1. The molecule has 2 aromatic heterocycles. The highest BCUT2D eigenvalue weighted by Gasteiger charge is 2.16. The average Bonchev–Trinajstić information content (AvgIpc) is 3.07. The summed E-state index contributed by atoms with van der Waals surface area (Å²) in [5.74, 6) is -0.0908. The second-order valence-electron chi connectivity index (χ2n) is 6.36. The van der Waals surface area contributed by atoms with Crippen molar-refractivity contribution in [1.29, 1.82) is 0 Å². The number of ether oxygens (including phenoxy) is 1. The van der Waals surface area contributed by atoms with Crippen molar-refractivity contribution in [2.45, 2.75) is 33.7 Å². The fourth-order valence-corrected chi connectivity index (χ4v) is 3.05. The summed E-state index contributed by atoms with van der Waals surface area (Å²) < 4.78 is 7.21. The van der Waals surface area contributed by atoms with Crippen LogP contribution in [-0.2, 0) is 11.3 Å². The molecule has 0 radical (unpaired) electrons. The van der Waals surface area contributed by atoms with E-state index in [-0.39, 0.29) is 5.91 Å². The molecular weight excluding hydrogens is 340 g/mol. The van der Waals surface area contributed by atoms with Crippen molar-refractivity contribution in [2.75, 3.05) is 19.8 Å². The number of aromatic nitrogens is 3. The highest BCUT2D eigenvalue weighted by Crippen LogP contribution is 2.26. The zero-order valence-electron chi connectivity index (χ0n) is 16.2. The van der Waals surface area contributed by atoms with Gasteiger partial charge in [0.1, 0.15) is 0 Å². The molecule has 0 saturated carbocycles. The predicted molar refractivity (Wildman–Crippen MR) is 107 cm³/mol. The number of fused-ring (bicyclic) bond motifs is 1. The van der Waals surface area contributed by atoms with Gasteiger partial charge < -0.3 is 10.1 Å². The topological polar surface area (TPSA) is 69.0 Å². The molecular formula is C21H26N4O2. The second-order valence-corrected chi connectivity index (χ2v) is 6.36. The van der Waals surface area contributed by atoms with Crippen LogP contribution in [0.2, 0.25) is 0 Å². The Kier molecular flexibility index (Phi) is 6.19. The number of aryl methyl sites for hydroxylation is 2. The van der Waals surface area contributed by atoms with Crippen molar-refractivity contribution in [2.24, 2.45) is 0 Å². The highest BCUT2D eigenvalue weighted by atomic mass is 16.5. The van der Waals surface area contributed by atoms with E-state index in [4.69, 9.17) is 9.72 Å². The number of pyridine rings is 1. The first-order valence-corrected chi connectivity index (χ1v) is 9.44. The van der Waals surface area contributed by atoms with Crippen LogP contribution in [-0.4, -0.2) is 40.4 Å². The van der Waals surface area contributed by atoms with Crippen molar-refractivity contribution in [1.82, 2.24) is 20.1 Å². The van der Waals surface area contributed by atoms with Gasteiger partial charge in [0.05, 0.1) is 22.5 Å². The van der Waals surface area contributed by atoms with Crippen LogP contribution >= 0.6 is 0 Å². The van der Waals surface area contributed by atoms with Gasteiger partial charge in [-0.05, 0) is 39.3 Å². The van der Waals surface area contributed by atoms with E-state index in [1.807, 2.05) is 62.0 Å². The molecule has 0 aliphatic carbocycles. The van der Waals surface area contributed by atoms with Gasteiger partial charge in [-0.3, -0.25) is 9.48 Å². The van der Waals surface area contributed by atoms with E-state index in [0.717, 1.165) is 40.8 Å². The zero-order chi connectivity index (χ0) is 19.2. The molecule has 1 amide bonds. The van der Waals surface area contributed by atoms with Gasteiger partial charge in [0, 0.05) is 43.4 Å². The number of amides is 1. The molecule has 0 atom stereocenters. The Bertz CT molecular complexity index is 933. The van der Waals surface area contributed by atoms with E-state index in [0.29, 0.717) is 25.3 Å².